The molecule has 0 spiro atoms. The van der Waals surface area contributed by atoms with Crippen LogP contribution in [-0.2, 0) is 28.6 Å². The Morgan fingerprint density at radius 1 is 1.17 bits per heavy atom. The molecule has 1 aromatic rings. The summed E-state index contributed by atoms with van der Waals surface area (Å²) in [5, 5.41) is 12.0. The summed E-state index contributed by atoms with van der Waals surface area (Å²) in [6.07, 6.45) is 7.03. The Bertz CT molecular complexity index is 1170. The van der Waals surface area contributed by atoms with Crippen molar-refractivity contribution in [1.29, 1.82) is 0 Å². The molecule has 5 rings (SSSR count). The lowest BCUT2D eigenvalue weighted by Gasteiger charge is -2.62. The Labute approximate surface area is 210 Å². The Morgan fingerprint density at radius 3 is 2.50 bits per heavy atom. The van der Waals surface area contributed by atoms with Crippen LogP contribution < -0.4 is 0 Å². The number of ether oxygens (including phenoxy) is 3. The lowest BCUT2D eigenvalue weighted by atomic mass is 9.40. The summed E-state index contributed by atoms with van der Waals surface area (Å²) in [4.78, 5) is 39.7. The third-order valence-corrected chi connectivity index (χ3v) is 10.1. The van der Waals surface area contributed by atoms with Crippen molar-refractivity contribution >= 4 is 23.3 Å². The highest BCUT2D eigenvalue weighted by Crippen LogP contribution is 2.72. The van der Waals surface area contributed by atoms with Crippen molar-refractivity contribution in [1.82, 2.24) is 0 Å². The van der Waals surface area contributed by atoms with Crippen molar-refractivity contribution in [2.75, 3.05) is 14.2 Å². The topological polar surface area (TPSA) is 112 Å². The first-order chi connectivity index (χ1) is 16.9. The van der Waals surface area contributed by atoms with Crippen molar-refractivity contribution < 1.29 is 38.1 Å². The summed E-state index contributed by atoms with van der Waals surface area (Å²) in [5.74, 6) is -2.80. The fraction of sp³-hybridized carbons (Fsp3) is 0.607. The molecular weight excluding hydrogens is 464 g/mol. The van der Waals surface area contributed by atoms with Crippen molar-refractivity contribution in [2.45, 2.75) is 58.3 Å². The van der Waals surface area contributed by atoms with E-state index in [4.69, 9.17) is 18.6 Å². The number of carbonyl (C=O) groups is 3. The van der Waals surface area contributed by atoms with E-state index in [0.29, 0.717) is 6.42 Å². The van der Waals surface area contributed by atoms with E-state index < -0.39 is 57.8 Å². The third kappa shape index (κ3) is 2.85. The van der Waals surface area contributed by atoms with Crippen LogP contribution in [0.2, 0.25) is 0 Å². The fourth-order valence-electron chi connectivity index (χ4n) is 8.46. The summed E-state index contributed by atoms with van der Waals surface area (Å²) in [5.41, 5.74) is -2.27. The lowest BCUT2D eigenvalue weighted by molar-refractivity contribution is -0.221. The first-order valence-corrected chi connectivity index (χ1v) is 12.4. The molecule has 1 saturated carbocycles. The molecule has 0 amide bonds. The van der Waals surface area contributed by atoms with Gasteiger partial charge in [-0.2, -0.15) is 0 Å². The maximum atomic E-state index is 13.8. The van der Waals surface area contributed by atoms with Crippen LogP contribution in [-0.4, -0.2) is 54.9 Å². The van der Waals surface area contributed by atoms with Crippen LogP contribution in [0, 0.1) is 34.0 Å². The summed E-state index contributed by atoms with van der Waals surface area (Å²) >= 11 is 0. The second kappa shape index (κ2) is 7.89. The summed E-state index contributed by atoms with van der Waals surface area (Å²) in [7, 11) is 2.62. The van der Waals surface area contributed by atoms with Crippen molar-refractivity contribution in [3.8, 4) is 0 Å². The minimum atomic E-state index is -1.29. The molecule has 2 fully saturated rings. The summed E-state index contributed by atoms with van der Waals surface area (Å²) in [6, 6.07) is 1.87. The monoisotopic (exact) mass is 498 g/mol. The molecule has 8 nitrogen and oxygen atoms in total. The van der Waals surface area contributed by atoms with Crippen molar-refractivity contribution in [3.63, 3.8) is 0 Å². The number of aliphatic hydroxyl groups is 1. The Kier molecular flexibility index (Phi) is 5.47. The minimum absolute atomic E-state index is 0.0446. The van der Waals surface area contributed by atoms with Gasteiger partial charge >= 0.3 is 11.9 Å². The van der Waals surface area contributed by atoms with Gasteiger partial charge in [0.25, 0.3) is 0 Å². The smallest absolute Gasteiger partial charge is 0.315 e. The zero-order valence-electron chi connectivity index (χ0n) is 21.6. The molecule has 1 aliphatic heterocycles. The third-order valence-electron chi connectivity index (χ3n) is 10.1. The van der Waals surface area contributed by atoms with E-state index in [0.717, 1.165) is 11.1 Å². The highest BCUT2D eigenvalue weighted by atomic mass is 16.5. The van der Waals surface area contributed by atoms with Gasteiger partial charge in [-0.05, 0) is 43.9 Å². The fourth-order valence-corrected chi connectivity index (χ4v) is 8.46. The van der Waals surface area contributed by atoms with Crippen LogP contribution in [0.1, 0.15) is 46.1 Å². The minimum Gasteiger partial charge on any atom is -0.472 e. The predicted octanol–water partition coefficient (Wildman–Crippen LogP) is 3.34. The quantitative estimate of drug-likeness (QED) is 0.629. The molecule has 1 aromatic heterocycles. The molecule has 9 atom stereocenters. The zero-order chi connectivity index (χ0) is 26.3. The van der Waals surface area contributed by atoms with Gasteiger partial charge < -0.3 is 23.7 Å². The number of carbonyl (C=O) groups excluding carboxylic acids is 3. The Hall–Kier alpha value is -2.71. The van der Waals surface area contributed by atoms with Crippen molar-refractivity contribution in [3.05, 3.63) is 42.4 Å². The lowest BCUT2D eigenvalue weighted by Crippen LogP contribution is -2.70. The molecule has 1 saturated heterocycles. The number of allylic oxidation sites excluding steroid dienone is 2. The highest BCUT2D eigenvalue weighted by Gasteiger charge is 2.77. The summed E-state index contributed by atoms with van der Waals surface area (Å²) in [6.45, 7) is 7.47. The normalized spacial score (nSPS) is 44.9. The van der Waals surface area contributed by atoms with Crippen LogP contribution in [0.4, 0.5) is 0 Å². The van der Waals surface area contributed by atoms with Crippen molar-refractivity contribution in [2.24, 2.45) is 34.0 Å². The Balaban J connectivity index is 1.71. The number of methoxy groups -OCH3 is 2. The average Bonchev–Trinajstić information content (AvgIpc) is 3.54. The number of esters is 2. The number of hydrogen-bond donors (Lipinski definition) is 1. The van der Waals surface area contributed by atoms with Gasteiger partial charge in [-0.25, -0.2) is 0 Å². The maximum Gasteiger partial charge on any atom is 0.315 e. The molecule has 0 radical (unpaired) electrons. The van der Waals surface area contributed by atoms with Gasteiger partial charge in [0.15, 0.2) is 5.78 Å². The van der Waals surface area contributed by atoms with Gasteiger partial charge in [0, 0.05) is 34.7 Å². The molecule has 8 heteroatoms. The molecule has 2 unspecified atom stereocenters. The first kappa shape index (κ1) is 25.0. The second-order valence-electron chi connectivity index (χ2n) is 11.5. The zero-order valence-corrected chi connectivity index (χ0v) is 21.6. The second-order valence-corrected chi connectivity index (χ2v) is 11.5. The number of aliphatic hydroxyl groups excluding tert-OH is 1. The molecule has 0 aromatic carbocycles. The van der Waals surface area contributed by atoms with Gasteiger partial charge in [0.2, 0.25) is 0 Å². The van der Waals surface area contributed by atoms with Gasteiger partial charge in [0.1, 0.15) is 0 Å². The van der Waals surface area contributed by atoms with Crippen LogP contribution >= 0.6 is 0 Å². The average molecular weight is 499 g/mol. The number of furan rings is 1. The van der Waals surface area contributed by atoms with E-state index in [1.165, 1.54) is 26.4 Å². The van der Waals surface area contributed by atoms with Gasteiger partial charge in [-0.3, -0.25) is 14.4 Å². The van der Waals surface area contributed by atoms with Gasteiger partial charge in [0.05, 0.1) is 50.0 Å². The molecule has 2 heterocycles. The van der Waals surface area contributed by atoms with E-state index in [9.17, 15) is 19.5 Å². The number of rotatable bonds is 4. The molecule has 3 aliphatic carbocycles. The van der Waals surface area contributed by atoms with Gasteiger partial charge in [-0.1, -0.05) is 26.0 Å². The highest BCUT2D eigenvalue weighted by molar-refractivity contribution is 5.99. The molecule has 36 heavy (non-hydrogen) atoms. The maximum absolute atomic E-state index is 13.8. The summed E-state index contributed by atoms with van der Waals surface area (Å²) < 4.78 is 22.4. The number of fused-ring (bicyclic) bond motifs is 4. The van der Waals surface area contributed by atoms with E-state index in [1.54, 1.807) is 26.4 Å². The number of ketones is 1. The first-order valence-electron chi connectivity index (χ1n) is 12.4. The van der Waals surface area contributed by atoms with E-state index in [-0.39, 0.29) is 18.1 Å². The molecule has 0 bridgehead atoms. The van der Waals surface area contributed by atoms with E-state index in [2.05, 4.69) is 6.08 Å². The molecule has 194 valence electrons. The molecule has 1 N–H and O–H groups in total. The van der Waals surface area contributed by atoms with Crippen LogP contribution in [0.3, 0.4) is 0 Å². The SMILES string of the molecule is COC(=O)C[C@H]1[C@]2(C)C3CC=C(c4ccoc4)[C@@]3(C)O[C@@H]2[C@H](O)C2[C@](C)(C(=O)OC)C=CC(=O)[C@@]21C. The standard InChI is InChI=1S/C28H34O8/c1-25(24(32)34-6)11-9-19(29)27(3)18(13-20(30)33-5)26(2)17-8-7-16(15-10-12-35-14-15)28(17,4)36-23(26)21(31)22(25)27/h7,9-12,14,17-18,21-23,31H,8,13H2,1-6H3/t17?,18-,21+,22?,23+,25+,26-,27-,28+/m0/s1. The van der Waals surface area contributed by atoms with Gasteiger partial charge in [-0.15, -0.1) is 0 Å². The molecule has 4 aliphatic rings. The molecular formula is C28H34O8. The largest absolute Gasteiger partial charge is 0.472 e. The number of hydrogen-bond acceptors (Lipinski definition) is 8. The predicted molar refractivity (Wildman–Crippen MR) is 128 cm³/mol. The van der Waals surface area contributed by atoms with E-state index >= 15 is 0 Å². The Morgan fingerprint density at radius 2 is 1.89 bits per heavy atom. The van der Waals surface area contributed by atoms with Crippen LogP contribution in [0.25, 0.3) is 5.57 Å². The van der Waals surface area contributed by atoms with Crippen LogP contribution in [0.15, 0.2) is 41.2 Å². The van der Waals surface area contributed by atoms with E-state index in [1.807, 2.05) is 19.9 Å². The van der Waals surface area contributed by atoms with Crippen LogP contribution in [0.5, 0.6) is 0 Å².